The summed E-state index contributed by atoms with van der Waals surface area (Å²) in [6.07, 6.45) is 1.09. The molecule has 1 aliphatic rings. The molecule has 2 aromatic carbocycles. The Morgan fingerprint density at radius 2 is 1.80 bits per heavy atom. The molecule has 0 spiro atoms. The van der Waals surface area contributed by atoms with E-state index < -0.39 is 28.4 Å². The highest BCUT2D eigenvalue weighted by atomic mass is 19.1. The number of carbonyl (C=O) groups is 2. The SMILES string of the molecule is CC(C)Oc1c(N2CCN(C(=O)C(=O)c3c[nH]c4cccc(F)c34)CC2)c(=O)c1=O. The van der Waals surface area contributed by atoms with Gasteiger partial charge in [-0.1, -0.05) is 6.07 Å². The quantitative estimate of drug-likeness (QED) is 0.499. The van der Waals surface area contributed by atoms with E-state index in [2.05, 4.69) is 4.98 Å². The number of nitrogens with one attached hydrogen (secondary N) is 1. The van der Waals surface area contributed by atoms with E-state index in [0.717, 1.165) is 0 Å². The summed E-state index contributed by atoms with van der Waals surface area (Å²) in [5.41, 5.74) is -0.588. The fraction of sp³-hybridized carbons (Fsp3) is 0.333. The Bertz CT molecular complexity index is 1210. The van der Waals surface area contributed by atoms with Crippen LogP contribution in [0.25, 0.3) is 10.9 Å². The number of hydrogen-bond donors (Lipinski definition) is 1. The molecule has 0 atom stereocenters. The normalized spacial score (nSPS) is 14.7. The first-order valence-electron chi connectivity index (χ1n) is 9.63. The molecule has 9 heteroatoms. The van der Waals surface area contributed by atoms with Crippen LogP contribution in [0.3, 0.4) is 0 Å². The molecule has 0 bridgehead atoms. The minimum Gasteiger partial charge on any atom is -0.485 e. The van der Waals surface area contributed by atoms with Crippen molar-refractivity contribution >= 4 is 28.3 Å². The number of piperazine rings is 1. The number of carbonyl (C=O) groups excluding carboxylic acids is 2. The van der Waals surface area contributed by atoms with E-state index in [9.17, 15) is 23.6 Å². The molecule has 1 saturated heterocycles. The van der Waals surface area contributed by atoms with Gasteiger partial charge in [0, 0.05) is 43.3 Å². The van der Waals surface area contributed by atoms with Gasteiger partial charge in [0.05, 0.1) is 11.7 Å². The first-order chi connectivity index (χ1) is 14.3. The Morgan fingerprint density at radius 3 is 2.47 bits per heavy atom. The molecule has 0 radical (unpaired) electrons. The highest BCUT2D eigenvalue weighted by Crippen LogP contribution is 2.26. The Labute approximate surface area is 170 Å². The second-order valence-corrected chi connectivity index (χ2v) is 7.48. The molecule has 2 heterocycles. The third-order valence-corrected chi connectivity index (χ3v) is 5.17. The van der Waals surface area contributed by atoms with Crippen molar-refractivity contribution in [3.05, 3.63) is 56.2 Å². The number of halogens is 1. The highest BCUT2D eigenvalue weighted by molar-refractivity contribution is 6.44. The Kier molecular flexibility index (Phi) is 4.89. The van der Waals surface area contributed by atoms with Gasteiger partial charge in [-0.15, -0.1) is 0 Å². The van der Waals surface area contributed by atoms with Crippen LogP contribution < -0.4 is 20.5 Å². The van der Waals surface area contributed by atoms with Crippen LogP contribution in [-0.2, 0) is 4.79 Å². The van der Waals surface area contributed by atoms with Crippen LogP contribution in [0.5, 0.6) is 5.75 Å². The predicted molar refractivity (Wildman–Crippen MR) is 108 cm³/mol. The predicted octanol–water partition coefficient (Wildman–Crippen LogP) is 1.22. The van der Waals surface area contributed by atoms with Crippen LogP contribution in [0.4, 0.5) is 10.1 Å². The molecule has 0 aliphatic carbocycles. The molecular formula is C21H20FN3O5. The van der Waals surface area contributed by atoms with Crippen molar-refractivity contribution < 1.29 is 18.7 Å². The van der Waals surface area contributed by atoms with Gasteiger partial charge in [-0.2, -0.15) is 0 Å². The number of fused-ring (bicyclic) bond motifs is 1. The van der Waals surface area contributed by atoms with Gasteiger partial charge in [0.2, 0.25) is 0 Å². The molecule has 1 aliphatic heterocycles. The van der Waals surface area contributed by atoms with Crippen molar-refractivity contribution in [2.75, 3.05) is 31.1 Å². The number of H-pyrrole nitrogens is 1. The average molecular weight is 413 g/mol. The van der Waals surface area contributed by atoms with E-state index in [1.54, 1.807) is 24.8 Å². The molecular weight excluding hydrogens is 393 g/mol. The topological polar surface area (TPSA) is 99.8 Å². The Hall–Kier alpha value is -3.49. The van der Waals surface area contributed by atoms with Gasteiger partial charge < -0.3 is 19.5 Å². The lowest BCUT2D eigenvalue weighted by Gasteiger charge is -2.36. The number of rotatable bonds is 5. The second kappa shape index (κ2) is 7.40. The van der Waals surface area contributed by atoms with Crippen LogP contribution in [0.15, 0.2) is 34.0 Å². The molecule has 30 heavy (non-hydrogen) atoms. The Balaban J connectivity index is 1.48. The van der Waals surface area contributed by atoms with Gasteiger partial charge >= 0.3 is 0 Å². The third-order valence-electron chi connectivity index (χ3n) is 5.17. The van der Waals surface area contributed by atoms with E-state index in [-0.39, 0.29) is 54.7 Å². The van der Waals surface area contributed by atoms with Crippen LogP contribution in [0, 0.1) is 5.82 Å². The fourth-order valence-corrected chi connectivity index (χ4v) is 3.70. The number of hydrogen-bond acceptors (Lipinski definition) is 6. The number of aromatic nitrogens is 1. The minimum atomic E-state index is -0.794. The molecule has 156 valence electrons. The summed E-state index contributed by atoms with van der Waals surface area (Å²) < 4.78 is 19.6. The molecule has 1 aromatic heterocycles. The molecule has 3 aromatic rings. The van der Waals surface area contributed by atoms with E-state index in [0.29, 0.717) is 5.52 Å². The zero-order valence-corrected chi connectivity index (χ0v) is 16.5. The van der Waals surface area contributed by atoms with E-state index in [1.165, 1.54) is 23.2 Å². The number of aromatic amines is 1. The maximum absolute atomic E-state index is 14.1. The van der Waals surface area contributed by atoms with Crippen LogP contribution in [-0.4, -0.2) is 53.9 Å². The smallest absolute Gasteiger partial charge is 0.295 e. The number of ketones is 1. The summed E-state index contributed by atoms with van der Waals surface area (Å²) in [4.78, 5) is 55.0. The second-order valence-electron chi connectivity index (χ2n) is 7.48. The molecule has 8 nitrogen and oxygen atoms in total. The van der Waals surface area contributed by atoms with Gasteiger partial charge in [-0.05, 0) is 26.0 Å². The van der Waals surface area contributed by atoms with Crippen molar-refractivity contribution in [1.82, 2.24) is 9.88 Å². The summed E-state index contributed by atoms with van der Waals surface area (Å²) in [5.74, 6) is -2.05. The number of benzene rings is 1. The first kappa shape index (κ1) is 19.8. The number of Topliss-reactive ketones (excluding diaryl/α,β-unsaturated/α-hetero) is 1. The highest BCUT2D eigenvalue weighted by Gasteiger charge is 2.33. The minimum absolute atomic E-state index is 0.00868. The van der Waals surface area contributed by atoms with Crippen molar-refractivity contribution in [3.63, 3.8) is 0 Å². The van der Waals surface area contributed by atoms with Crippen molar-refractivity contribution in [1.29, 1.82) is 0 Å². The zero-order chi connectivity index (χ0) is 21.6. The Morgan fingerprint density at radius 1 is 1.10 bits per heavy atom. The summed E-state index contributed by atoms with van der Waals surface area (Å²) in [6, 6.07) is 4.37. The number of nitrogens with zero attached hydrogens (tertiary/aromatic N) is 2. The summed E-state index contributed by atoms with van der Waals surface area (Å²) in [6.45, 7) is 4.46. The largest absolute Gasteiger partial charge is 0.485 e. The van der Waals surface area contributed by atoms with Crippen LogP contribution in [0.1, 0.15) is 24.2 Å². The van der Waals surface area contributed by atoms with Gasteiger partial charge in [0.1, 0.15) is 11.5 Å². The maximum Gasteiger partial charge on any atom is 0.295 e. The van der Waals surface area contributed by atoms with Crippen LogP contribution in [0.2, 0.25) is 0 Å². The number of amides is 1. The lowest BCUT2D eigenvalue weighted by molar-refractivity contribution is -0.126. The number of ether oxygens (including phenoxy) is 1. The third kappa shape index (κ3) is 3.16. The molecule has 0 saturated carbocycles. The first-order valence-corrected chi connectivity index (χ1v) is 9.63. The standard InChI is InChI=1S/C21H20FN3O5/c1-11(2)30-20-16(18(27)19(20)28)24-6-8-25(9-7-24)21(29)17(26)12-10-23-14-5-3-4-13(22)15(12)14/h3-5,10-11,23H,6-9H2,1-2H3. The lowest BCUT2D eigenvalue weighted by atomic mass is 10.1. The zero-order valence-electron chi connectivity index (χ0n) is 16.5. The van der Waals surface area contributed by atoms with Crippen LogP contribution >= 0.6 is 0 Å². The van der Waals surface area contributed by atoms with Crippen molar-refractivity contribution in [3.8, 4) is 5.75 Å². The lowest BCUT2D eigenvalue weighted by Crippen LogP contribution is -2.53. The van der Waals surface area contributed by atoms with Gasteiger partial charge in [-0.25, -0.2) is 4.39 Å². The summed E-state index contributed by atoms with van der Waals surface area (Å²) >= 11 is 0. The summed E-state index contributed by atoms with van der Waals surface area (Å²) in [7, 11) is 0. The fourth-order valence-electron chi connectivity index (χ4n) is 3.70. The van der Waals surface area contributed by atoms with Gasteiger partial charge in [-0.3, -0.25) is 19.2 Å². The maximum atomic E-state index is 14.1. The van der Waals surface area contributed by atoms with Crippen molar-refractivity contribution in [2.45, 2.75) is 20.0 Å². The van der Waals surface area contributed by atoms with E-state index in [4.69, 9.17) is 4.74 Å². The van der Waals surface area contributed by atoms with E-state index >= 15 is 0 Å². The molecule has 1 fully saturated rings. The van der Waals surface area contributed by atoms with Gasteiger partial charge in [0.15, 0.2) is 5.75 Å². The molecule has 1 amide bonds. The molecule has 1 N–H and O–H groups in total. The summed E-state index contributed by atoms with van der Waals surface area (Å²) in [5, 5.41) is 0.0914. The average Bonchev–Trinajstić information content (AvgIpc) is 3.18. The van der Waals surface area contributed by atoms with E-state index in [1.807, 2.05) is 0 Å². The number of anilines is 1. The molecule has 4 rings (SSSR count). The monoisotopic (exact) mass is 413 g/mol. The van der Waals surface area contributed by atoms with Gasteiger partial charge in [0.25, 0.3) is 22.5 Å². The molecule has 0 unspecified atom stereocenters. The van der Waals surface area contributed by atoms with Crippen molar-refractivity contribution in [2.24, 2.45) is 0 Å².